The third-order valence-electron chi connectivity index (χ3n) is 3.75. The molecular formula is C20H32BrN2O5P. The number of halogens is 1. The van der Waals surface area contributed by atoms with Crippen LogP contribution in [0.1, 0.15) is 53.9 Å². The van der Waals surface area contributed by atoms with E-state index in [1.807, 2.05) is 19.1 Å². The van der Waals surface area contributed by atoms with Crippen molar-refractivity contribution in [2.75, 3.05) is 11.5 Å². The zero-order chi connectivity index (χ0) is 22.0. The van der Waals surface area contributed by atoms with Crippen LogP contribution in [0.3, 0.4) is 0 Å². The van der Waals surface area contributed by atoms with Crippen molar-refractivity contribution < 1.29 is 23.2 Å². The van der Waals surface area contributed by atoms with Crippen molar-refractivity contribution in [3.05, 3.63) is 28.7 Å². The fourth-order valence-electron chi connectivity index (χ4n) is 2.65. The molecule has 2 N–H and O–H groups in total. The molecule has 0 aliphatic carbocycles. The number of ketones is 1. The summed E-state index contributed by atoms with van der Waals surface area (Å²) < 4.78 is 24.8. The molecule has 0 radical (unpaired) electrons. The van der Waals surface area contributed by atoms with E-state index in [2.05, 4.69) is 26.6 Å². The standard InChI is InChI=1S/C20H32BrN2O5P/c1-6-7-18(23-20(25)22-17-10-8-16(21)9-11-17)19(24)12-13-29(26,27-14(2)3)28-15(4)5/h8-11,14-15,18H,6-7,12-13H2,1-5H3,(H2,22,23,25)/t18-/m0/s1. The summed E-state index contributed by atoms with van der Waals surface area (Å²) in [6, 6.07) is 6.00. The SMILES string of the molecule is CCC[C@H](NC(=O)Nc1ccc(Br)cc1)C(=O)CCP(=O)(OC(C)C)OC(C)C. The van der Waals surface area contributed by atoms with Crippen LogP contribution in [0.4, 0.5) is 10.5 Å². The molecule has 1 aromatic carbocycles. The Morgan fingerprint density at radius 1 is 1.07 bits per heavy atom. The molecule has 164 valence electrons. The number of benzene rings is 1. The van der Waals surface area contributed by atoms with Crippen molar-refractivity contribution in [3.63, 3.8) is 0 Å². The van der Waals surface area contributed by atoms with Gasteiger partial charge in [-0.2, -0.15) is 0 Å². The first kappa shape index (κ1) is 25.8. The zero-order valence-electron chi connectivity index (χ0n) is 17.7. The molecule has 1 rings (SSSR count). The Hall–Kier alpha value is -1.21. The molecule has 0 heterocycles. The first-order valence-electron chi connectivity index (χ1n) is 9.86. The van der Waals surface area contributed by atoms with E-state index in [0.717, 1.165) is 10.9 Å². The largest absolute Gasteiger partial charge is 0.331 e. The van der Waals surface area contributed by atoms with E-state index in [1.165, 1.54) is 0 Å². The zero-order valence-corrected chi connectivity index (χ0v) is 20.2. The molecule has 0 aliphatic rings. The van der Waals surface area contributed by atoms with E-state index in [9.17, 15) is 14.2 Å². The molecule has 0 fully saturated rings. The summed E-state index contributed by atoms with van der Waals surface area (Å²) in [5, 5.41) is 5.43. The predicted molar refractivity (Wildman–Crippen MR) is 120 cm³/mol. The van der Waals surface area contributed by atoms with Crippen LogP contribution in [-0.2, 0) is 18.4 Å². The average Bonchev–Trinajstić information content (AvgIpc) is 2.60. The smallest absolute Gasteiger partial charge is 0.328 e. The lowest BCUT2D eigenvalue weighted by Crippen LogP contribution is -2.43. The molecule has 0 saturated heterocycles. The van der Waals surface area contributed by atoms with E-state index in [4.69, 9.17) is 9.05 Å². The highest BCUT2D eigenvalue weighted by atomic mass is 79.9. The summed E-state index contributed by atoms with van der Waals surface area (Å²) >= 11 is 3.34. The Labute approximate surface area is 182 Å². The van der Waals surface area contributed by atoms with Gasteiger partial charge in [0.15, 0.2) is 5.78 Å². The molecule has 0 saturated carbocycles. The number of urea groups is 1. The molecule has 0 bridgehead atoms. The molecule has 29 heavy (non-hydrogen) atoms. The van der Waals surface area contributed by atoms with E-state index < -0.39 is 19.7 Å². The van der Waals surface area contributed by atoms with Crippen molar-refractivity contribution in [2.24, 2.45) is 0 Å². The predicted octanol–water partition coefficient (Wildman–Crippen LogP) is 5.74. The molecule has 0 unspecified atom stereocenters. The number of amides is 2. The molecule has 0 aliphatic heterocycles. The maximum atomic E-state index is 12.9. The Balaban J connectivity index is 2.71. The highest BCUT2D eigenvalue weighted by Gasteiger charge is 2.30. The van der Waals surface area contributed by atoms with Crippen LogP contribution in [0.25, 0.3) is 0 Å². The number of Topliss-reactive ketones (excluding diaryl/α,β-unsaturated/α-hetero) is 1. The second-order valence-electron chi connectivity index (χ2n) is 7.31. The van der Waals surface area contributed by atoms with Gasteiger partial charge in [0.05, 0.1) is 24.4 Å². The van der Waals surface area contributed by atoms with Crippen molar-refractivity contribution in [2.45, 2.75) is 72.1 Å². The summed E-state index contributed by atoms with van der Waals surface area (Å²) in [6.45, 7) is 9.01. The molecule has 0 spiro atoms. The second-order valence-corrected chi connectivity index (χ2v) is 10.3. The number of hydrogen-bond acceptors (Lipinski definition) is 5. The van der Waals surface area contributed by atoms with Gasteiger partial charge >= 0.3 is 13.6 Å². The van der Waals surface area contributed by atoms with Crippen LogP contribution in [0.15, 0.2) is 28.7 Å². The lowest BCUT2D eigenvalue weighted by Gasteiger charge is -2.23. The lowest BCUT2D eigenvalue weighted by atomic mass is 10.1. The summed E-state index contributed by atoms with van der Waals surface area (Å²) in [5.74, 6) is -0.197. The summed E-state index contributed by atoms with van der Waals surface area (Å²) in [6.07, 6.45) is 0.634. The lowest BCUT2D eigenvalue weighted by molar-refractivity contribution is -0.120. The van der Waals surface area contributed by atoms with Gasteiger partial charge in [-0.3, -0.25) is 9.36 Å². The van der Waals surface area contributed by atoms with Crippen molar-refractivity contribution in [1.29, 1.82) is 0 Å². The second kappa shape index (κ2) is 12.5. The first-order valence-corrected chi connectivity index (χ1v) is 12.4. The van der Waals surface area contributed by atoms with Crippen molar-refractivity contribution >= 4 is 41.0 Å². The minimum absolute atomic E-state index is 0.0000514. The summed E-state index contributed by atoms with van der Waals surface area (Å²) in [4.78, 5) is 25.0. The number of rotatable bonds is 12. The van der Waals surface area contributed by atoms with Gasteiger partial charge in [-0.05, 0) is 58.4 Å². The summed E-state index contributed by atoms with van der Waals surface area (Å²) in [7, 11) is -3.39. The highest BCUT2D eigenvalue weighted by Crippen LogP contribution is 2.51. The van der Waals surface area contributed by atoms with Crippen LogP contribution in [0, 0.1) is 0 Å². The van der Waals surface area contributed by atoms with E-state index in [0.29, 0.717) is 12.1 Å². The van der Waals surface area contributed by atoms with Gasteiger partial charge < -0.3 is 19.7 Å². The third-order valence-corrected chi connectivity index (χ3v) is 6.53. The number of carbonyl (C=O) groups excluding carboxylic acids is 2. The van der Waals surface area contributed by atoms with Gasteiger partial charge in [0.2, 0.25) is 0 Å². The Bertz CT molecular complexity index is 695. The number of nitrogens with one attached hydrogen (secondary N) is 2. The molecule has 1 atom stereocenters. The Morgan fingerprint density at radius 2 is 1.62 bits per heavy atom. The van der Waals surface area contributed by atoms with Gasteiger partial charge in [-0.1, -0.05) is 29.3 Å². The molecular weight excluding hydrogens is 459 g/mol. The van der Waals surface area contributed by atoms with Crippen LogP contribution < -0.4 is 10.6 Å². The van der Waals surface area contributed by atoms with E-state index >= 15 is 0 Å². The molecule has 9 heteroatoms. The van der Waals surface area contributed by atoms with Gasteiger partial charge in [-0.15, -0.1) is 0 Å². The Morgan fingerprint density at radius 3 is 2.10 bits per heavy atom. The normalized spacial score (nSPS) is 12.8. The third kappa shape index (κ3) is 10.4. The quantitative estimate of drug-likeness (QED) is 0.364. The topological polar surface area (TPSA) is 93.7 Å². The Kier molecular flexibility index (Phi) is 11.1. The minimum atomic E-state index is -3.39. The van der Waals surface area contributed by atoms with Crippen molar-refractivity contribution in [3.8, 4) is 0 Å². The maximum absolute atomic E-state index is 12.9. The minimum Gasteiger partial charge on any atom is -0.328 e. The monoisotopic (exact) mass is 490 g/mol. The van der Waals surface area contributed by atoms with Crippen molar-refractivity contribution in [1.82, 2.24) is 5.32 Å². The van der Waals surface area contributed by atoms with Gasteiger partial charge in [0, 0.05) is 16.6 Å². The number of anilines is 1. The van der Waals surface area contributed by atoms with Gasteiger partial charge in [0.25, 0.3) is 0 Å². The molecule has 2 amide bonds. The summed E-state index contributed by atoms with van der Waals surface area (Å²) in [5.41, 5.74) is 0.619. The van der Waals surface area contributed by atoms with E-state index in [-0.39, 0.29) is 30.6 Å². The fourth-order valence-corrected chi connectivity index (χ4v) is 4.96. The average molecular weight is 491 g/mol. The number of hydrogen-bond donors (Lipinski definition) is 2. The van der Waals surface area contributed by atoms with Crippen LogP contribution in [-0.4, -0.2) is 36.2 Å². The van der Waals surface area contributed by atoms with Crippen LogP contribution in [0.2, 0.25) is 0 Å². The van der Waals surface area contributed by atoms with Crippen LogP contribution in [0.5, 0.6) is 0 Å². The molecule has 7 nitrogen and oxygen atoms in total. The maximum Gasteiger partial charge on any atom is 0.331 e. The van der Waals surface area contributed by atoms with Gasteiger partial charge in [0.1, 0.15) is 0 Å². The van der Waals surface area contributed by atoms with Crippen LogP contribution >= 0.6 is 23.5 Å². The van der Waals surface area contributed by atoms with E-state index in [1.54, 1.807) is 39.8 Å². The first-order chi connectivity index (χ1) is 13.5. The molecule has 1 aromatic rings. The van der Waals surface area contributed by atoms with Gasteiger partial charge in [-0.25, -0.2) is 4.79 Å². The fraction of sp³-hybridized carbons (Fsp3) is 0.600. The highest BCUT2D eigenvalue weighted by molar-refractivity contribution is 9.10. The number of carbonyl (C=O) groups is 2. The molecule has 0 aromatic heterocycles.